The van der Waals surface area contributed by atoms with Gasteiger partial charge in [-0.05, 0) is 37.6 Å². The fourth-order valence-electron chi connectivity index (χ4n) is 3.91. The number of hydrogen-bond acceptors (Lipinski definition) is 3. The van der Waals surface area contributed by atoms with Gasteiger partial charge in [-0.15, -0.1) is 11.3 Å². The van der Waals surface area contributed by atoms with E-state index in [2.05, 4.69) is 46.9 Å². The maximum absolute atomic E-state index is 12.6. The summed E-state index contributed by atoms with van der Waals surface area (Å²) < 4.78 is 0. The number of guanidine groups is 1. The Hall–Kier alpha value is -1.56. The van der Waals surface area contributed by atoms with Crippen LogP contribution in [0.3, 0.4) is 0 Å². The van der Waals surface area contributed by atoms with Crippen LogP contribution in [0.15, 0.2) is 22.5 Å². The number of hydrogen-bond donors (Lipinski definition) is 2. The van der Waals surface area contributed by atoms with Gasteiger partial charge in [0, 0.05) is 42.4 Å². The number of nitrogens with zero attached hydrogens (tertiary/aromatic N) is 2. The van der Waals surface area contributed by atoms with Crippen molar-refractivity contribution in [2.24, 2.45) is 10.9 Å². The standard InChI is InChI=1S/C20H32N4OS/c1-3-21-20(22-13-15(2)18-9-6-12-26-18)23-17-10-11-24(14-17)19(25)16-7-4-5-8-16/h6,9,12,15-17H,3-5,7-8,10-11,13-14H2,1-2H3,(H2,21,22,23). The average Bonchev–Trinajstić information content (AvgIpc) is 3.41. The zero-order valence-corrected chi connectivity index (χ0v) is 16.9. The topological polar surface area (TPSA) is 56.7 Å². The molecule has 0 spiro atoms. The Morgan fingerprint density at radius 2 is 2.19 bits per heavy atom. The first kappa shape index (κ1) is 19.2. The van der Waals surface area contributed by atoms with Gasteiger partial charge in [0.2, 0.25) is 5.91 Å². The Balaban J connectivity index is 1.51. The Labute approximate surface area is 161 Å². The van der Waals surface area contributed by atoms with Crippen LogP contribution in [0, 0.1) is 5.92 Å². The van der Waals surface area contributed by atoms with E-state index in [1.807, 2.05) is 0 Å². The normalized spacial score (nSPS) is 22.6. The van der Waals surface area contributed by atoms with Gasteiger partial charge < -0.3 is 15.5 Å². The summed E-state index contributed by atoms with van der Waals surface area (Å²) in [5.41, 5.74) is 0. The van der Waals surface area contributed by atoms with E-state index in [1.165, 1.54) is 17.7 Å². The van der Waals surface area contributed by atoms with Crippen LogP contribution >= 0.6 is 11.3 Å². The third-order valence-electron chi connectivity index (χ3n) is 5.44. The molecule has 26 heavy (non-hydrogen) atoms. The Morgan fingerprint density at radius 1 is 1.38 bits per heavy atom. The summed E-state index contributed by atoms with van der Waals surface area (Å²) >= 11 is 1.79. The summed E-state index contributed by atoms with van der Waals surface area (Å²) in [5, 5.41) is 9.01. The van der Waals surface area contributed by atoms with E-state index in [0.29, 0.717) is 17.9 Å². The highest BCUT2D eigenvalue weighted by molar-refractivity contribution is 7.10. The lowest BCUT2D eigenvalue weighted by molar-refractivity contribution is -0.134. The summed E-state index contributed by atoms with van der Waals surface area (Å²) in [7, 11) is 0. The monoisotopic (exact) mass is 376 g/mol. The number of likely N-dealkylation sites (tertiary alicyclic amines) is 1. The molecule has 144 valence electrons. The molecule has 2 N–H and O–H groups in total. The lowest BCUT2D eigenvalue weighted by Crippen LogP contribution is -2.45. The average molecular weight is 377 g/mol. The van der Waals surface area contributed by atoms with E-state index in [1.54, 1.807) is 11.3 Å². The van der Waals surface area contributed by atoms with Crippen LogP contribution < -0.4 is 10.6 Å². The van der Waals surface area contributed by atoms with Crippen molar-refractivity contribution in [1.82, 2.24) is 15.5 Å². The van der Waals surface area contributed by atoms with Gasteiger partial charge in [-0.1, -0.05) is 25.8 Å². The fraction of sp³-hybridized carbons (Fsp3) is 0.700. The van der Waals surface area contributed by atoms with Crippen LogP contribution in [0.2, 0.25) is 0 Å². The zero-order valence-electron chi connectivity index (χ0n) is 16.0. The molecular weight excluding hydrogens is 344 g/mol. The second-order valence-electron chi connectivity index (χ2n) is 7.53. The van der Waals surface area contributed by atoms with Crippen molar-refractivity contribution in [1.29, 1.82) is 0 Å². The van der Waals surface area contributed by atoms with Gasteiger partial charge >= 0.3 is 0 Å². The van der Waals surface area contributed by atoms with Gasteiger partial charge in [0.25, 0.3) is 0 Å². The Bertz CT molecular complexity index is 595. The van der Waals surface area contributed by atoms with Crippen molar-refractivity contribution >= 4 is 23.2 Å². The number of rotatable bonds is 6. The molecule has 1 aliphatic carbocycles. The minimum atomic E-state index is 0.280. The highest BCUT2D eigenvalue weighted by Gasteiger charge is 2.32. The first-order chi connectivity index (χ1) is 12.7. The molecule has 1 saturated heterocycles. The van der Waals surface area contributed by atoms with Crippen molar-refractivity contribution in [3.63, 3.8) is 0 Å². The van der Waals surface area contributed by atoms with Crippen LogP contribution in [-0.4, -0.2) is 49.0 Å². The molecule has 6 heteroatoms. The van der Waals surface area contributed by atoms with Crippen molar-refractivity contribution < 1.29 is 4.79 Å². The van der Waals surface area contributed by atoms with Gasteiger partial charge in [0.15, 0.2) is 5.96 Å². The molecule has 2 aliphatic rings. The van der Waals surface area contributed by atoms with E-state index in [9.17, 15) is 4.79 Å². The summed E-state index contributed by atoms with van der Waals surface area (Å²) in [6, 6.07) is 4.57. The van der Waals surface area contributed by atoms with Gasteiger partial charge in [0.1, 0.15) is 0 Å². The minimum absolute atomic E-state index is 0.280. The molecule has 5 nitrogen and oxygen atoms in total. The van der Waals surface area contributed by atoms with Crippen LogP contribution in [-0.2, 0) is 4.79 Å². The molecule has 0 aromatic carbocycles. The summed E-state index contributed by atoms with van der Waals surface area (Å²) in [5.74, 6) is 1.95. The second-order valence-corrected chi connectivity index (χ2v) is 8.51. The number of aliphatic imine (C=N–C) groups is 1. The molecule has 0 radical (unpaired) electrons. The third-order valence-corrected chi connectivity index (χ3v) is 6.55. The lowest BCUT2D eigenvalue weighted by Gasteiger charge is -2.21. The van der Waals surface area contributed by atoms with E-state index >= 15 is 0 Å². The molecule has 0 bridgehead atoms. The van der Waals surface area contributed by atoms with E-state index in [-0.39, 0.29) is 5.92 Å². The highest BCUT2D eigenvalue weighted by Crippen LogP contribution is 2.28. The Morgan fingerprint density at radius 3 is 2.88 bits per heavy atom. The number of carbonyl (C=O) groups excluding carboxylic acids is 1. The molecule has 2 fully saturated rings. The second kappa shape index (κ2) is 9.40. The van der Waals surface area contributed by atoms with E-state index in [4.69, 9.17) is 4.99 Å². The van der Waals surface area contributed by atoms with Crippen LogP contribution in [0.4, 0.5) is 0 Å². The summed E-state index contributed by atoms with van der Waals surface area (Å²) in [6.45, 7) is 7.60. The number of carbonyl (C=O) groups is 1. The van der Waals surface area contributed by atoms with Crippen LogP contribution in [0.5, 0.6) is 0 Å². The van der Waals surface area contributed by atoms with Crippen molar-refractivity contribution in [3.05, 3.63) is 22.4 Å². The molecular formula is C20H32N4OS. The first-order valence-electron chi connectivity index (χ1n) is 10.0. The smallest absolute Gasteiger partial charge is 0.225 e. The molecule has 1 saturated carbocycles. The highest BCUT2D eigenvalue weighted by atomic mass is 32.1. The molecule has 1 aliphatic heterocycles. The fourth-order valence-corrected chi connectivity index (χ4v) is 4.69. The predicted molar refractivity (Wildman–Crippen MR) is 109 cm³/mol. The van der Waals surface area contributed by atoms with Crippen molar-refractivity contribution in [2.45, 2.75) is 57.9 Å². The zero-order chi connectivity index (χ0) is 18.4. The van der Waals surface area contributed by atoms with Gasteiger partial charge in [-0.25, -0.2) is 0 Å². The maximum Gasteiger partial charge on any atom is 0.225 e. The summed E-state index contributed by atoms with van der Waals surface area (Å²) in [6.07, 6.45) is 5.59. The number of thiophene rings is 1. The Kier molecular flexibility index (Phi) is 6.94. The van der Waals surface area contributed by atoms with Crippen molar-refractivity contribution in [2.75, 3.05) is 26.2 Å². The number of amides is 1. The van der Waals surface area contributed by atoms with Crippen molar-refractivity contribution in [3.8, 4) is 0 Å². The molecule has 1 aromatic heterocycles. The lowest BCUT2D eigenvalue weighted by atomic mass is 10.1. The number of nitrogens with one attached hydrogen (secondary N) is 2. The molecule has 2 unspecified atom stereocenters. The predicted octanol–water partition coefficient (Wildman–Crippen LogP) is 3.20. The largest absolute Gasteiger partial charge is 0.357 e. The van der Waals surface area contributed by atoms with E-state index in [0.717, 1.165) is 51.4 Å². The molecule has 2 heterocycles. The van der Waals surface area contributed by atoms with E-state index < -0.39 is 0 Å². The van der Waals surface area contributed by atoms with Gasteiger partial charge in [-0.3, -0.25) is 9.79 Å². The first-order valence-corrected chi connectivity index (χ1v) is 10.9. The quantitative estimate of drug-likeness (QED) is 0.592. The molecule has 2 atom stereocenters. The summed E-state index contributed by atoms with van der Waals surface area (Å²) in [4.78, 5) is 20.8. The minimum Gasteiger partial charge on any atom is -0.357 e. The maximum atomic E-state index is 12.6. The van der Waals surface area contributed by atoms with Crippen LogP contribution in [0.25, 0.3) is 0 Å². The molecule has 1 amide bonds. The van der Waals surface area contributed by atoms with Gasteiger partial charge in [-0.2, -0.15) is 0 Å². The molecule has 1 aromatic rings. The van der Waals surface area contributed by atoms with Gasteiger partial charge in [0.05, 0.1) is 6.54 Å². The van der Waals surface area contributed by atoms with Crippen LogP contribution in [0.1, 0.15) is 56.7 Å². The third kappa shape index (κ3) is 5.00. The SMILES string of the molecule is CCNC(=NCC(C)c1cccs1)NC1CCN(C(=O)C2CCCC2)C1. The molecule has 3 rings (SSSR count).